The molecule has 1 atom stereocenters. The molecule has 18 heavy (non-hydrogen) atoms. The molecule has 1 aliphatic heterocycles. The fourth-order valence-corrected chi connectivity index (χ4v) is 2.80. The summed E-state index contributed by atoms with van der Waals surface area (Å²) >= 11 is 5.83. The first-order valence-corrected chi connectivity index (χ1v) is 7.13. The lowest BCUT2D eigenvalue weighted by atomic mass is 10.00. The SMILES string of the molecule is CCc1ncnc(N2CCCCC2CCCl)c1F. The molecule has 1 fully saturated rings. The monoisotopic (exact) mass is 271 g/mol. The van der Waals surface area contributed by atoms with Crippen LogP contribution in [0.15, 0.2) is 6.33 Å². The van der Waals surface area contributed by atoms with Crippen LogP contribution in [0.1, 0.15) is 38.3 Å². The van der Waals surface area contributed by atoms with Crippen molar-refractivity contribution in [2.45, 2.75) is 45.1 Å². The molecule has 1 aliphatic rings. The Morgan fingerprint density at radius 2 is 2.28 bits per heavy atom. The van der Waals surface area contributed by atoms with E-state index >= 15 is 0 Å². The molecule has 0 spiro atoms. The summed E-state index contributed by atoms with van der Waals surface area (Å²) in [6.07, 6.45) is 6.28. The lowest BCUT2D eigenvalue weighted by molar-refractivity contribution is 0.438. The zero-order valence-corrected chi connectivity index (χ0v) is 11.5. The van der Waals surface area contributed by atoms with Gasteiger partial charge in [-0.15, -0.1) is 11.6 Å². The molecule has 1 aromatic heterocycles. The molecule has 100 valence electrons. The maximum Gasteiger partial charge on any atom is 0.187 e. The number of hydrogen-bond donors (Lipinski definition) is 0. The molecule has 2 rings (SSSR count). The van der Waals surface area contributed by atoms with Gasteiger partial charge < -0.3 is 4.90 Å². The fourth-order valence-electron chi connectivity index (χ4n) is 2.55. The molecular weight excluding hydrogens is 253 g/mol. The molecule has 1 unspecified atom stereocenters. The number of rotatable bonds is 4. The summed E-state index contributed by atoms with van der Waals surface area (Å²) in [6.45, 7) is 2.76. The summed E-state index contributed by atoms with van der Waals surface area (Å²) in [7, 11) is 0. The van der Waals surface area contributed by atoms with Crippen LogP contribution in [0.3, 0.4) is 0 Å². The lowest BCUT2D eigenvalue weighted by Crippen LogP contribution is -2.41. The Labute approximate surface area is 112 Å². The Hall–Kier alpha value is -0.900. The molecule has 1 aromatic rings. The maximum absolute atomic E-state index is 14.3. The van der Waals surface area contributed by atoms with Gasteiger partial charge in [-0.25, -0.2) is 14.4 Å². The van der Waals surface area contributed by atoms with E-state index in [9.17, 15) is 4.39 Å². The van der Waals surface area contributed by atoms with Gasteiger partial charge in [-0.1, -0.05) is 6.92 Å². The van der Waals surface area contributed by atoms with Crippen molar-refractivity contribution in [2.75, 3.05) is 17.3 Å². The number of nitrogens with zero attached hydrogens (tertiary/aromatic N) is 3. The van der Waals surface area contributed by atoms with Crippen molar-refractivity contribution in [3.05, 3.63) is 17.8 Å². The topological polar surface area (TPSA) is 29.0 Å². The number of halogens is 2. The summed E-state index contributed by atoms with van der Waals surface area (Å²) in [5.74, 6) is 0.798. The average molecular weight is 272 g/mol. The van der Waals surface area contributed by atoms with Crippen LogP contribution in [-0.4, -0.2) is 28.4 Å². The first kappa shape index (κ1) is 13.5. The van der Waals surface area contributed by atoms with Crippen molar-refractivity contribution in [3.63, 3.8) is 0 Å². The van der Waals surface area contributed by atoms with Gasteiger partial charge in [0.2, 0.25) is 0 Å². The van der Waals surface area contributed by atoms with Gasteiger partial charge in [-0.05, 0) is 32.1 Å². The smallest absolute Gasteiger partial charge is 0.187 e. The van der Waals surface area contributed by atoms with Crippen molar-refractivity contribution in [2.24, 2.45) is 0 Å². The van der Waals surface area contributed by atoms with Gasteiger partial charge in [-0.3, -0.25) is 0 Å². The van der Waals surface area contributed by atoms with Gasteiger partial charge in [0, 0.05) is 18.5 Å². The zero-order valence-electron chi connectivity index (χ0n) is 10.7. The second-order valence-corrected chi connectivity index (χ2v) is 5.01. The van der Waals surface area contributed by atoms with Crippen LogP contribution in [0.2, 0.25) is 0 Å². The van der Waals surface area contributed by atoms with Gasteiger partial charge in [0.1, 0.15) is 6.33 Å². The summed E-state index contributed by atoms with van der Waals surface area (Å²) in [6, 6.07) is 0.311. The molecule has 0 radical (unpaired) electrons. The van der Waals surface area contributed by atoms with Crippen molar-refractivity contribution in [1.29, 1.82) is 0 Å². The standard InChI is InChI=1S/C13H19ClFN3/c1-2-11-12(15)13(17-9-16-11)18-8-4-3-5-10(18)6-7-14/h9-10H,2-8H2,1H3. The van der Waals surface area contributed by atoms with Gasteiger partial charge in [0.15, 0.2) is 11.6 Å². The molecule has 2 heterocycles. The first-order valence-electron chi connectivity index (χ1n) is 6.60. The Bertz CT molecular complexity index is 398. The third-order valence-corrected chi connectivity index (χ3v) is 3.74. The second kappa shape index (κ2) is 6.32. The highest BCUT2D eigenvalue weighted by molar-refractivity contribution is 6.17. The van der Waals surface area contributed by atoms with Crippen molar-refractivity contribution < 1.29 is 4.39 Å². The van der Waals surface area contributed by atoms with Crippen LogP contribution < -0.4 is 4.90 Å². The summed E-state index contributed by atoms with van der Waals surface area (Å²) in [5.41, 5.74) is 0.496. The number of hydrogen-bond acceptors (Lipinski definition) is 3. The van der Waals surface area contributed by atoms with Crippen molar-refractivity contribution >= 4 is 17.4 Å². The number of aromatic nitrogens is 2. The highest BCUT2D eigenvalue weighted by Crippen LogP contribution is 2.28. The first-order chi connectivity index (χ1) is 8.77. The van der Waals surface area contributed by atoms with Crippen LogP contribution in [0.5, 0.6) is 0 Å². The lowest BCUT2D eigenvalue weighted by Gasteiger charge is -2.36. The number of alkyl halides is 1. The minimum Gasteiger partial charge on any atom is -0.351 e. The van der Waals surface area contributed by atoms with E-state index in [0.29, 0.717) is 29.9 Å². The van der Waals surface area contributed by atoms with Crippen LogP contribution >= 0.6 is 11.6 Å². The Kier molecular flexibility index (Phi) is 4.75. The molecule has 5 heteroatoms. The minimum atomic E-state index is -0.263. The molecule has 0 bridgehead atoms. The largest absolute Gasteiger partial charge is 0.351 e. The van der Waals surface area contributed by atoms with E-state index in [1.165, 1.54) is 12.7 Å². The summed E-state index contributed by atoms with van der Waals surface area (Å²) in [5, 5.41) is 0. The normalized spacial score (nSPS) is 20.2. The van der Waals surface area contributed by atoms with E-state index < -0.39 is 0 Å². The fraction of sp³-hybridized carbons (Fsp3) is 0.692. The predicted molar refractivity (Wildman–Crippen MR) is 71.7 cm³/mol. The maximum atomic E-state index is 14.3. The van der Waals surface area contributed by atoms with E-state index in [2.05, 4.69) is 14.9 Å². The molecule has 3 nitrogen and oxygen atoms in total. The van der Waals surface area contributed by atoms with E-state index in [1.54, 1.807) is 0 Å². The van der Waals surface area contributed by atoms with E-state index in [1.807, 2.05) is 6.92 Å². The second-order valence-electron chi connectivity index (χ2n) is 4.63. The average Bonchev–Trinajstić information content (AvgIpc) is 2.40. The van der Waals surface area contributed by atoms with Gasteiger partial charge in [0.25, 0.3) is 0 Å². The van der Waals surface area contributed by atoms with Crippen LogP contribution in [0.4, 0.5) is 10.2 Å². The van der Waals surface area contributed by atoms with E-state index in [-0.39, 0.29) is 5.82 Å². The number of piperidine rings is 1. The van der Waals surface area contributed by atoms with Gasteiger partial charge >= 0.3 is 0 Å². The Morgan fingerprint density at radius 1 is 1.44 bits per heavy atom. The predicted octanol–water partition coefficient (Wildman–Crippen LogP) is 3.17. The third kappa shape index (κ3) is 2.74. The van der Waals surface area contributed by atoms with Crippen LogP contribution in [0, 0.1) is 5.82 Å². The molecule has 0 aromatic carbocycles. The Balaban J connectivity index is 2.27. The number of anilines is 1. The molecule has 0 saturated carbocycles. The molecule has 0 amide bonds. The molecule has 0 N–H and O–H groups in total. The molecule has 1 saturated heterocycles. The molecule has 0 aliphatic carbocycles. The Morgan fingerprint density at radius 3 is 3.00 bits per heavy atom. The van der Waals surface area contributed by atoms with Crippen LogP contribution in [0.25, 0.3) is 0 Å². The minimum absolute atomic E-state index is 0.263. The van der Waals surface area contributed by atoms with Gasteiger partial charge in [0.05, 0.1) is 5.69 Å². The van der Waals surface area contributed by atoms with Crippen LogP contribution in [-0.2, 0) is 6.42 Å². The van der Waals surface area contributed by atoms with E-state index in [0.717, 1.165) is 25.8 Å². The molecular formula is C13H19ClFN3. The highest BCUT2D eigenvalue weighted by Gasteiger charge is 2.26. The van der Waals surface area contributed by atoms with Crippen molar-refractivity contribution in [1.82, 2.24) is 9.97 Å². The van der Waals surface area contributed by atoms with E-state index in [4.69, 9.17) is 11.6 Å². The van der Waals surface area contributed by atoms with Gasteiger partial charge in [-0.2, -0.15) is 0 Å². The van der Waals surface area contributed by atoms with Crippen molar-refractivity contribution in [3.8, 4) is 0 Å². The quantitative estimate of drug-likeness (QED) is 0.788. The summed E-state index contributed by atoms with van der Waals surface area (Å²) in [4.78, 5) is 10.2. The zero-order chi connectivity index (χ0) is 13.0. The highest BCUT2D eigenvalue weighted by atomic mass is 35.5. The summed E-state index contributed by atoms with van der Waals surface area (Å²) < 4.78 is 14.3. The third-order valence-electron chi connectivity index (χ3n) is 3.52. The number of aryl methyl sites for hydroxylation is 1.